The second-order valence-corrected chi connectivity index (χ2v) is 10.3. The molecule has 2 aromatic carbocycles. The van der Waals surface area contributed by atoms with E-state index in [4.69, 9.17) is 11.6 Å². The fraction of sp³-hybridized carbons (Fsp3) is 0.0952. The van der Waals surface area contributed by atoms with Gasteiger partial charge in [0.1, 0.15) is 6.33 Å². The number of halogens is 1. The van der Waals surface area contributed by atoms with E-state index in [1.807, 2.05) is 43.6 Å². The van der Waals surface area contributed by atoms with Crippen molar-refractivity contribution >= 4 is 49.2 Å². The molecule has 0 saturated heterocycles. The van der Waals surface area contributed by atoms with Gasteiger partial charge in [-0.15, -0.1) is 0 Å². The van der Waals surface area contributed by atoms with Gasteiger partial charge in [0.15, 0.2) is 0 Å². The number of nitrogens with one attached hydrogen (secondary N) is 1. The minimum absolute atomic E-state index is 0.166. The van der Waals surface area contributed by atoms with Gasteiger partial charge in [-0.05, 0) is 35.9 Å². The van der Waals surface area contributed by atoms with E-state index in [0.717, 1.165) is 43.6 Å². The zero-order chi connectivity index (χ0) is 22.5. The first kappa shape index (κ1) is 20.7. The van der Waals surface area contributed by atoms with Gasteiger partial charge in [0.2, 0.25) is 5.13 Å². The summed E-state index contributed by atoms with van der Waals surface area (Å²) in [6.07, 6.45) is 4.94. The molecule has 0 bridgehead atoms. The molecule has 0 spiro atoms. The lowest BCUT2D eigenvalue weighted by molar-refractivity contribution is 0.594. The maximum atomic E-state index is 13.1. The van der Waals surface area contributed by atoms with E-state index >= 15 is 0 Å². The highest BCUT2D eigenvalue weighted by atomic mass is 35.5. The molecule has 0 atom stereocenters. The van der Waals surface area contributed by atoms with Crippen molar-refractivity contribution in [3.05, 3.63) is 66.2 Å². The number of rotatable bonds is 5. The average Bonchev–Trinajstić information content (AvgIpc) is 3.53. The fourth-order valence-corrected chi connectivity index (χ4v) is 5.70. The average molecular weight is 485 g/mol. The molecule has 0 fully saturated rings. The predicted octanol–water partition coefficient (Wildman–Crippen LogP) is 4.57. The number of aryl methyl sites for hydroxylation is 1. The molecule has 0 radical (unpaired) electrons. The highest BCUT2D eigenvalue weighted by molar-refractivity contribution is 7.93. The number of anilines is 1. The standard InChI is InChI=1S/C21H17ClN6O2S2/c1-27-20(7-8-25-27)17-9-13(22)3-5-15(17)18-11-23-19-10-14(4-6-16(18)19)32(29,30)28(2)21-24-12-26-31-21/h3-12,23H,1-2H3. The molecule has 32 heavy (non-hydrogen) atoms. The first-order valence-electron chi connectivity index (χ1n) is 9.51. The van der Waals surface area contributed by atoms with Crippen LogP contribution in [0.5, 0.6) is 0 Å². The summed E-state index contributed by atoms with van der Waals surface area (Å²) in [5, 5.41) is 6.09. The van der Waals surface area contributed by atoms with Gasteiger partial charge in [0, 0.05) is 65.1 Å². The van der Waals surface area contributed by atoms with Crippen LogP contribution in [0.2, 0.25) is 5.02 Å². The van der Waals surface area contributed by atoms with E-state index in [0.29, 0.717) is 15.7 Å². The number of nitrogens with zero attached hydrogens (tertiary/aromatic N) is 5. The minimum Gasteiger partial charge on any atom is -0.361 e. The number of fused-ring (bicyclic) bond motifs is 1. The third kappa shape index (κ3) is 3.36. The fourth-order valence-electron chi connectivity index (χ4n) is 3.66. The lowest BCUT2D eigenvalue weighted by Crippen LogP contribution is -2.26. The van der Waals surface area contributed by atoms with Crippen molar-refractivity contribution in [1.82, 2.24) is 24.1 Å². The Balaban J connectivity index is 1.62. The molecule has 5 aromatic rings. The Hall–Kier alpha value is -3.21. The van der Waals surface area contributed by atoms with E-state index < -0.39 is 10.0 Å². The lowest BCUT2D eigenvalue weighted by atomic mass is 9.97. The SMILES string of the molecule is CN(c1ncns1)S(=O)(=O)c1ccc2c(-c3ccc(Cl)cc3-c3ccnn3C)c[nH]c2c1. The molecular weight excluding hydrogens is 468 g/mol. The molecule has 3 heterocycles. The number of aromatic nitrogens is 5. The normalized spacial score (nSPS) is 11.8. The van der Waals surface area contributed by atoms with Gasteiger partial charge in [-0.3, -0.25) is 4.68 Å². The molecule has 162 valence electrons. The lowest BCUT2D eigenvalue weighted by Gasteiger charge is -2.15. The number of benzene rings is 2. The van der Waals surface area contributed by atoms with Crippen molar-refractivity contribution in [3.63, 3.8) is 0 Å². The Morgan fingerprint density at radius 3 is 2.66 bits per heavy atom. The molecule has 11 heteroatoms. The van der Waals surface area contributed by atoms with Gasteiger partial charge in [0.05, 0.1) is 10.6 Å². The Morgan fingerprint density at radius 1 is 1.09 bits per heavy atom. The van der Waals surface area contributed by atoms with Gasteiger partial charge in [-0.25, -0.2) is 17.7 Å². The summed E-state index contributed by atoms with van der Waals surface area (Å²) in [7, 11) is -0.429. The van der Waals surface area contributed by atoms with Crippen molar-refractivity contribution in [3.8, 4) is 22.4 Å². The Labute approximate surface area is 193 Å². The maximum absolute atomic E-state index is 13.1. The molecule has 0 aliphatic heterocycles. The summed E-state index contributed by atoms with van der Waals surface area (Å²) >= 11 is 7.31. The van der Waals surface area contributed by atoms with Crippen molar-refractivity contribution in [2.75, 3.05) is 11.4 Å². The summed E-state index contributed by atoms with van der Waals surface area (Å²) in [6, 6.07) is 12.7. The summed E-state index contributed by atoms with van der Waals surface area (Å²) in [4.78, 5) is 7.37. The van der Waals surface area contributed by atoms with Crippen LogP contribution >= 0.6 is 23.1 Å². The molecule has 1 N–H and O–H groups in total. The largest absolute Gasteiger partial charge is 0.361 e. The van der Waals surface area contributed by atoms with Gasteiger partial charge in [-0.2, -0.15) is 9.47 Å². The molecule has 0 amide bonds. The molecule has 0 saturated carbocycles. The van der Waals surface area contributed by atoms with E-state index in [1.165, 1.54) is 13.4 Å². The minimum atomic E-state index is -3.77. The van der Waals surface area contributed by atoms with Gasteiger partial charge in [-0.1, -0.05) is 23.7 Å². The zero-order valence-electron chi connectivity index (χ0n) is 17.0. The zero-order valence-corrected chi connectivity index (χ0v) is 19.4. The highest BCUT2D eigenvalue weighted by Gasteiger charge is 2.24. The van der Waals surface area contributed by atoms with Crippen LogP contribution < -0.4 is 4.31 Å². The highest BCUT2D eigenvalue weighted by Crippen LogP contribution is 2.38. The van der Waals surface area contributed by atoms with Gasteiger partial charge < -0.3 is 4.98 Å². The molecule has 0 aliphatic carbocycles. The molecule has 0 unspecified atom stereocenters. The van der Waals surface area contributed by atoms with Crippen molar-refractivity contribution in [1.29, 1.82) is 0 Å². The van der Waals surface area contributed by atoms with Crippen molar-refractivity contribution in [2.24, 2.45) is 7.05 Å². The van der Waals surface area contributed by atoms with Crippen LogP contribution in [0, 0.1) is 0 Å². The molecular formula is C21H17ClN6O2S2. The molecule has 5 rings (SSSR count). The number of aromatic amines is 1. The topological polar surface area (TPSA) is 96.8 Å². The first-order chi connectivity index (χ1) is 15.4. The summed E-state index contributed by atoms with van der Waals surface area (Å²) in [5.41, 5.74) is 4.47. The van der Waals surface area contributed by atoms with Crippen LogP contribution in [0.15, 0.2) is 66.1 Å². The van der Waals surface area contributed by atoms with Gasteiger partial charge >= 0.3 is 0 Å². The van der Waals surface area contributed by atoms with E-state index in [2.05, 4.69) is 19.4 Å². The number of hydrogen-bond donors (Lipinski definition) is 1. The molecule has 8 nitrogen and oxygen atoms in total. The van der Waals surface area contributed by atoms with E-state index in [-0.39, 0.29) is 4.90 Å². The Kier molecular flexibility index (Phi) is 5.00. The third-order valence-electron chi connectivity index (χ3n) is 5.30. The number of sulfonamides is 1. The third-order valence-corrected chi connectivity index (χ3v) is 8.14. The molecule has 0 aliphatic rings. The van der Waals surface area contributed by atoms with Crippen LogP contribution in [0.4, 0.5) is 5.13 Å². The van der Waals surface area contributed by atoms with Crippen LogP contribution in [-0.4, -0.2) is 39.6 Å². The second-order valence-electron chi connectivity index (χ2n) is 7.14. The van der Waals surface area contributed by atoms with E-state index in [1.54, 1.807) is 23.0 Å². The van der Waals surface area contributed by atoms with Crippen LogP contribution in [0.25, 0.3) is 33.3 Å². The summed E-state index contributed by atoms with van der Waals surface area (Å²) < 4.78 is 32.9. The molecule has 3 aromatic heterocycles. The summed E-state index contributed by atoms with van der Waals surface area (Å²) in [6.45, 7) is 0. The summed E-state index contributed by atoms with van der Waals surface area (Å²) in [5.74, 6) is 0. The smallest absolute Gasteiger partial charge is 0.265 e. The Bertz CT molecular complexity index is 1540. The number of hydrogen-bond acceptors (Lipinski definition) is 6. The monoisotopic (exact) mass is 484 g/mol. The number of H-pyrrole nitrogens is 1. The second kappa shape index (κ2) is 7.73. The van der Waals surface area contributed by atoms with Crippen LogP contribution in [0.1, 0.15) is 0 Å². The first-order valence-corrected chi connectivity index (χ1v) is 12.1. The van der Waals surface area contributed by atoms with Crippen LogP contribution in [0.3, 0.4) is 0 Å². The van der Waals surface area contributed by atoms with Crippen molar-refractivity contribution in [2.45, 2.75) is 4.90 Å². The van der Waals surface area contributed by atoms with Gasteiger partial charge in [0.25, 0.3) is 10.0 Å². The van der Waals surface area contributed by atoms with Crippen molar-refractivity contribution < 1.29 is 8.42 Å². The quantitative estimate of drug-likeness (QED) is 0.394. The van der Waals surface area contributed by atoms with E-state index in [9.17, 15) is 8.42 Å². The predicted molar refractivity (Wildman–Crippen MR) is 126 cm³/mol. The Morgan fingerprint density at radius 2 is 1.94 bits per heavy atom. The maximum Gasteiger partial charge on any atom is 0.265 e. The van der Waals surface area contributed by atoms with Crippen LogP contribution in [-0.2, 0) is 17.1 Å².